The maximum Gasteiger partial charge on any atom is 0.271 e. The number of hydrogen-bond acceptors (Lipinski definition) is 4. The van der Waals surface area contributed by atoms with E-state index in [4.69, 9.17) is 4.74 Å². The number of benzene rings is 2. The van der Waals surface area contributed by atoms with E-state index in [1.807, 2.05) is 31.2 Å². The van der Waals surface area contributed by atoms with Crippen molar-refractivity contribution in [3.8, 4) is 34.1 Å². The molecule has 144 valence electrons. The molecule has 0 atom stereocenters. The average Bonchev–Trinajstić information content (AvgIpc) is 3.31. The van der Waals surface area contributed by atoms with E-state index in [0.29, 0.717) is 41.7 Å². The van der Waals surface area contributed by atoms with Gasteiger partial charge in [0.25, 0.3) is 5.56 Å². The summed E-state index contributed by atoms with van der Waals surface area (Å²) in [5, 5.41) is 9.28. The number of aryl methyl sites for hydroxylation is 1. The summed E-state index contributed by atoms with van der Waals surface area (Å²) in [6.45, 7) is 3.08. The van der Waals surface area contributed by atoms with Crippen LogP contribution in [0.2, 0.25) is 0 Å². The third kappa shape index (κ3) is 2.91. The topological polar surface area (TPSA) is 61.9 Å². The van der Waals surface area contributed by atoms with Crippen molar-refractivity contribution in [2.75, 3.05) is 6.61 Å². The number of halogens is 1. The van der Waals surface area contributed by atoms with Gasteiger partial charge in [0.1, 0.15) is 18.1 Å². The predicted octanol–water partition coefficient (Wildman–Crippen LogP) is 3.60. The number of hydrogen-bond donors (Lipinski definition) is 0. The van der Waals surface area contributed by atoms with E-state index in [-0.39, 0.29) is 11.4 Å². The molecule has 2 aromatic heterocycles. The molecule has 6 nitrogen and oxygen atoms in total. The number of para-hydroxylation sites is 1. The fourth-order valence-electron chi connectivity index (χ4n) is 3.53. The zero-order valence-electron chi connectivity index (χ0n) is 15.7. The highest BCUT2D eigenvalue weighted by atomic mass is 19.1. The Morgan fingerprint density at radius 1 is 1.00 bits per heavy atom. The molecule has 0 radical (unpaired) electrons. The van der Waals surface area contributed by atoms with Gasteiger partial charge in [0.2, 0.25) is 5.88 Å². The second kappa shape index (κ2) is 6.70. The lowest BCUT2D eigenvalue weighted by Crippen LogP contribution is -2.21. The van der Waals surface area contributed by atoms with Crippen LogP contribution >= 0.6 is 0 Å². The quantitative estimate of drug-likeness (QED) is 0.538. The summed E-state index contributed by atoms with van der Waals surface area (Å²) in [5.74, 6) is 0.288. The van der Waals surface area contributed by atoms with Crippen molar-refractivity contribution in [1.82, 2.24) is 19.6 Å². The van der Waals surface area contributed by atoms with E-state index in [1.165, 1.54) is 22.9 Å². The van der Waals surface area contributed by atoms with E-state index >= 15 is 0 Å². The first-order chi connectivity index (χ1) is 14.1. The summed E-state index contributed by atoms with van der Waals surface area (Å²) in [6.07, 6.45) is 0. The lowest BCUT2D eigenvalue weighted by atomic mass is 10.1. The van der Waals surface area contributed by atoms with Gasteiger partial charge in [-0.2, -0.15) is 14.9 Å². The molecule has 4 aromatic rings. The normalized spacial score (nSPS) is 12.6. The average molecular weight is 388 g/mol. The van der Waals surface area contributed by atoms with E-state index in [2.05, 4.69) is 10.2 Å². The van der Waals surface area contributed by atoms with Crippen LogP contribution < -0.4 is 10.3 Å². The highest BCUT2D eigenvalue weighted by molar-refractivity contribution is 5.83. The molecule has 0 fully saturated rings. The molecule has 1 aliphatic heterocycles. The van der Waals surface area contributed by atoms with Gasteiger partial charge in [0, 0.05) is 11.6 Å². The van der Waals surface area contributed by atoms with Crippen LogP contribution in [0.4, 0.5) is 4.39 Å². The summed E-state index contributed by atoms with van der Waals surface area (Å²) in [7, 11) is 0. The fraction of sp³-hybridized carbons (Fsp3) is 0.136. The zero-order chi connectivity index (χ0) is 20.0. The maximum atomic E-state index is 13.4. The molecule has 3 heterocycles. The van der Waals surface area contributed by atoms with Gasteiger partial charge >= 0.3 is 0 Å². The molecule has 0 saturated carbocycles. The SMILES string of the molecule is Cc1ccccc1-n1nc(-c2c(-c3ccc(F)cc3)nn3c2OCC3)ccc1=O. The molecule has 0 unspecified atom stereocenters. The largest absolute Gasteiger partial charge is 0.475 e. The number of rotatable bonds is 3. The smallest absolute Gasteiger partial charge is 0.271 e. The number of ether oxygens (including phenoxy) is 1. The van der Waals surface area contributed by atoms with Crippen LogP contribution in [-0.2, 0) is 6.54 Å². The number of fused-ring (bicyclic) bond motifs is 1. The van der Waals surface area contributed by atoms with E-state index in [9.17, 15) is 9.18 Å². The second-order valence-electron chi connectivity index (χ2n) is 6.86. The summed E-state index contributed by atoms with van der Waals surface area (Å²) < 4.78 is 22.4. The van der Waals surface area contributed by atoms with Crippen LogP contribution in [0.15, 0.2) is 65.5 Å². The van der Waals surface area contributed by atoms with Gasteiger partial charge in [-0.25, -0.2) is 9.07 Å². The van der Waals surface area contributed by atoms with Gasteiger partial charge in [-0.1, -0.05) is 18.2 Å². The Labute approximate surface area is 165 Å². The Morgan fingerprint density at radius 2 is 1.79 bits per heavy atom. The molecular weight excluding hydrogens is 371 g/mol. The van der Waals surface area contributed by atoms with Crippen molar-refractivity contribution in [1.29, 1.82) is 0 Å². The Morgan fingerprint density at radius 3 is 2.59 bits per heavy atom. The molecule has 0 aliphatic carbocycles. The lowest BCUT2D eigenvalue weighted by molar-refractivity contribution is 0.358. The maximum absolute atomic E-state index is 13.4. The first-order valence-electron chi connectivity index (χ1n) is 9.28. The van der Waals surface area contributed by atoms with E-state index in [0.717, 1.165) is 11.1 Å². The molecular formula is C22H17FN4O2. The van der Waals surface area contributed by atoms with Gasteiger partial charge in [0.15, 0.2) is 0 Å². The first kappa shape index (κ1) is 17.4. The van der Waals surface area contributed by atoms with Gasteiger partial charge in [-0.05, 0) is 48.9 Å². The summed E-state index contributed by atoms with van der Waals surface area (Å²) in [4.78, 5) is 12.5. The Kier molecular flexibility index (Phi) is 4.01. The summed E-state index contributed by atoms with van der Waals surface area (Å²) >= 11 is 0. The molecule has 0 N–H and O–H groups in total. The minimum absolute atomic E-state index is 0.226. The molecule has 29 heavy (non-hydrogen) atoms. The Balaban J connectivity index is 1.73. The van der Waals surface area contributed by atoms with Crippen molar-refractivity contribution < 1.29 is 9.13 Å². The zero-order valence-corrected chi connectivity index (χ0v) is 15.7. The molecule has 0 spiro atoms. The Hall–Kier alpha value is -3.74. The van der Waals surface area contributed by atoms with Crippen LogP contribution in [-0.4, -0.2) is 26.2 Å². The van der Waals surface area contributed by atoms with Gasteiger partial charge < -0.3 is 4.74 Å². The molecule has 5 rings (SSSR count). The molecule has 0 bridgehead atoms. The minimum atomic E-state index is -0.315. The first-order valence-corrected chi connectivity index (χ1v) is 9.28. The number of nitrogens with zero attached hydrogens (tertiary/aromatic N) is 4. The van der Waals surface area contributed by atoms with Gasteiger partial charge in [-0.15, -0.1) is 0 Å². The minimum Gasteiger partial charge on any atom is -0.475 e. The molecule has 0 amide bonds. The molecule has 1 aliphatic rings. The van der Waals surface area contributed by atoms with E-state index in [1.54, 1.807) is 22.9 Å². The van der Waals surface area contributed by atoms with Crippen molar-refractivity contribution >= 4 is 0 Å². The van der Waals surface area contributed by atoms with Gasteiger partial charge in [-0.3, -0.25) is 4.79 Å². The van der Waals surface area contributed by atoms with Crippen molar-refractivity contribution in [2.45, 2.75) is 13.5 Å². The summed E-state index contributed by atoms with van der Waals surface area (Å²) in [5.41, 5.74) is 4.08. The van der Waals surface area contributed by atoms with E-state index < -0.39 is 0 Å². The Bertz CT molecular complexity index is 1270. The van der Waals surface area contributed by atoms with Crippen LogP contribution in [0.3, 0.4) is 0 Å². The standard InChI is InChI=1S/C22H17FN4O2/c1-14-4-2-3-5-18(14)27-19(28)11-10-17(24-27)20-21(15-6-8-16(23)9-7-15)25-26-12-13-29-22(20)26/h2-11H,12-13H2,1H3. The lowest BCUT2D eigenvalue weighted by Gasteiger charge is -2.10. The van der Waals surface area contributed by atoms with Crippen molar-refractivity contribution in [2.24, 2.45) is 0 Å². The van der Waals surface area contributed by atoms with Crippen LogP contribution in [0.25, 0.3) is 28.2 Å². The third-order valence-electron chi connectivity index (χ3n) is 4.97. The monoisotopic (exact) mass is 388 g/mol. The number of aromatic nitrogens is 4. The van der Waals surface area contributed by atoms with Crippen LogP contribution in [0.5, 0.6) is 5.88 Å². The molecule has 0 saturated heterocycles. The molecule has 7 heteroatoms. The van der Waals surface area contributed by atoms with Crippen LogP contribution in [0, 0.1) is 12.7 Å². The second-order valence-corrected chi connectivity index (χ2v) is 6.86. The fourth-order valence-corrected chi connectivity index (χ4v) is 3.53. The predicted molar refractivity (Wildman–Crippen MR) is 107 cm³/mol. The highest BCUT2D eigenvalue weighted by Crippen LogP contribution is 2.39. The third-order valence-corrected chi connectivity index (χ3v) is 4.97. The van der Waals surface area contributed by atoms with Crippen LogP contribution in [0.1, 0.15) is 5.56 Å². The van der Waals surface area contributed by atoms with Crippen molar-refractivity contribution in [3.05, 3.63) is 82.4 Å². The van der Waals surface area contributed by atoms with Crippen molar-refractivity contribution in [3.63, 3.8) is 0 Å². The molecule has 2 aromatic carbocycles. The highest BCUT2D eigenvalue weighted by Gasteiger charge is 2.27. The summed E-state index contributed by atoms with van der Waals surface area (Å²) in [6, 6.07) is 16.9. The van der Waals surface area contributed by atoms with Gasteiger partial charge in [0.05, 0.1) is 23.5 Å².